The lowest BCUT2D eigenvalue weighted by molar-refractivity contribution is 0.384. The molecule has 0 aromatic heterocycles. The maximum Gasteiger partial charge on any atom is 0.127 e. The minimum atomic E-state index is -0.621. The van der Waals surface area contributed by atoms with Gasteiger partial charge in [0.15, 0.2) is 0 Å². The first kappa shape index (κ1) is 15.4. The van der Waals surface area contributed by atoms with Crippen molar-refractivity contribution in [1.29, 1.82) is 0 Å². The van der Waals surface area contributed by atoms with Gasteiger partial charge in [-0.05, 0) is 36.6 Å². The van der Waals surface area contributed by atoms with Crippen LogP contribution in [0.4, 0.5) is 0 Å². The number of benzene rings is 2. The second-order valence-corrected chi connectivity index (χ2v) is 5.32. The molecular weight excluding hydrogens is 262 g/mol. The number of rotatable bonds is 5. The molecule has 0 fully saturated rings. The molecule has 0 saturated heterocycles. The standard InChI is InChI=1S/C18H23NO2/c1-5-13-6-8-14(9-7-13)18(2,19)16-11-10-15(20-3)12-17(16)21-4/h6-12H,5,19H2,1-4H3. The normalized spacial score (nSPS) is 13.6. The van der Waals surface area contributed by atoms with Gasteiger partial charge in [0.1, 0.15) is 11.5 Å². The zero-order chi connectivity index (χ0) is 15.5. The Bertz CT molecular complexity index is 603. The summed E-state index contributed by atoms with van der Waals surface area (Å²) in [4.78, 5) is 0. The topological polar surface area (TPSA) is 44.5 Å². The number of nitrogens with two attached hydrogens (primary N) is 1. The van der Waals surface area contributed by atoms with E-state index in [9.17, 15) is 0 Å². The molecule has 1 atom stereocenters. The molecule has 2 aromatic carbocycles. The number of hydrogen-bond acceptors (Lipinski definition) is 3. The van der Waals surface area contributed by atoms with Crippen LogP contribution in [0.25, 0.3) is 0 Å². The Morgan fingerprint density at radius 3 is 2.19 bits per heavy atom. The Balaban J connectivity index is 2.46. The van der Waals surface area contributed by atoms with Crippen LogP contribution in [0.15, 0.2) is 42.5 Å². The van der Waals surface area contributed by atoms with Gasteiger partial charge in [0, 0.05) is 11.6 Å². The fraction of sp³-hybridized carbons (Fsp3) is 0.333. The first-order valence-electron chi connectivity index (χ1n) is 7.13. The highest BCUT2D eigenvalue weighted by Crippen LogP contribution is 2.35. The van der Waals surface area contributed by atoms with Gasteiger partial charge in [-0.25, -0.2) is 0 Å². The van der Waals surface area contributed by atoms with Crippen LogP contribution in [0.3, 0.4) is 0 Å². The third-order valence-corrected chi connectivity index (χ3v) is 3.93. The van der Waals surface area contributed by atoms with E-state index in [4.69, 9.17) is 15.2 Å². The molecule has 2 rings (SSSR count). The van der Waals surface area contributed by atoms with Crippen molar-refractivity contribution in [2.45, 2.75) is 25.8 Å². The van der Waals surface area contributed by atoms with Crippen molar-refractivity contribution in [1.82, 2.24) is 0 Å². The number of hydrogen-bond donors (Lipinski definition) is 1. The van der Waals surface area contributed by atoms with Crippen LogP contribution >= 0.6 is 0 Å². The van der Waals surface area contributed by atoms with E-state index >= 15 is 0 Å². The second-order valence-electron chi connectivity index (χ2n) is 5.32. The fourth-order valence-corrected chi connectivity index (χ4v) is 2.47. The SMILES string of the molecule is CCc1ccc(C(C)(N)c2ccc(OC)cc2OC)cc1. The second kappa shape index (κ2) is 6.19. The third kappa shape index (κ3) is 3.03. The minimum Gasteiger partial charge on any atom is -0.497 e. The van der Waals surface area contributed by atoms with Crippen LogP contribution < -0.4 is 15.2 Å². The molecule has 112 valence electrons. The van der Waals surface area contributed by atoms with E-state index in [-0.39, 0.29) is 0 Å². The van der Waals surface area contributed by atoms with Crippen LogP contribution in [0.1, 0.15) is 30.5 Å². The van der Waals surface area contributed by atoms with Crippen molar-refractivity contribution in [3.63, 3.8) is 0 Å². The average Bonchev–Trinajstić information content (AvgIpc) is 2.54. The summed E-state index contributed by atoms with van der Waals surface area (Å²) in [6.07, 6.45) is 1.02. The van der Waals surface area contributed by atoms with Gasteiger partial charge in [-0.15, -0.1) is 0 Å². The third-order valence-electron chi connectivity index (χ3n) is 3.93. The number of aryl methyl sites for hydroxylation is 1. The molecule has 0 amide bonds. The van der Waals surface area contributed by atoms with Gasteiger partial charge >= 0.3 is 0 Å². The molecule has 3 heteroatoms. The Morgan fingerprint density at radius 1 is 1.00 bits per heavy atom. The van der Waals surface area contributed by atoms with Gasteiger partial charge in [0.2, 0.25) is 0 Å². The summed E-state index contributed by atoms with van der Waals surface area (Å²) in [6, 6.07) is 14.1. The van der Waals surface area contributed by atoms with E-state index in [1.165, 1.54) is 5.56 Å². The largest absolute Gasteiger partial charge is 0.497 e. The van der Waals surface area contributed by atoms with E-state index in [1.807, 2.05) is 25.1 Å². The summed E-state index contributed by atoms with van der Waals surface area (Å²) in [7, 11) is 3.29. The molecule has 2 aromatic rings. The van der Waals surface area contributed by atoms with Crippen LogP contribution in [0.2, 0.25) is 0 Å². The zero-order valence-corrected chi connectivity index (χ0v) is 13.1. The minimum absolute atomic E-state index is 0.621. The monoisotopic (exact) mass is 285 g/mol. The molecule has 2 N–H and O–H groups in total. The predicted molar refractivity (Wildman–Crippen MR) is 86.0 cm³/mol. The van der Waals surface area contributed by atoms with Gasteiger partial charge in [0.25, 0.3) is 0 Å². The molecule has 0 saturated carbocycles. The highest BCUT2D eigenvalue weighted by atomic mass is 16.5. The first-order chi connectivity index (χ1) is 10.0. The predicted octanol–water partition coefficient (Wildman–Crippen LogP) is 3.49. The molecule has 1 unspecified atom stereocenters. The van der Waals surface area contributed by atoms with E-state index in [0.717, 1.165) is 29.0 Å². The molecule has 0 heterocycles. The van der Waals surface area contributed by atoms with Crippen molar-refractivity contribution in [2.24, 2.45) is 5.73 Å². The van der Waals surface area contributed by atoms with Crippen molar-refractivity contribution in [3.8, 4) is 11.5 Å². The molecule has 21 heavy (non-hydrogen) atoms. The van der Waals surface area contributed by atoms with Crippen molar-refractivity contribution in [2.75, 3.05) is 14.2 Å². The Morgan fingerprint density at radius 2 is 1.67 bits per heavy atom. The summed E-state index contributed by atoms with van der Waals surface area (Å²) in [6.45, 7) is 4.14. The summed E-state index contributed by atoms with van der Waals surface area (Å²) in [5.74, 6) is 1.49. The molecule has 0 spiro atoms. The van der Waals surface area contributed by atoms with E-state index in [2.05, 4.69) is 31.2 Å². The quantitative estimate of drug-likeness (QED) is 0.914. The van der Waals surface area contributed by atoms with Gasteiger partial charge in [-0.1, -0.05) is 31.2 Å². The molecule has 3 nitrogen and oxygen atoms in total. The van der Waals surface area contributed by atoms with Gasteiger partial charge in [0.05, 0.1) is 19.8 Å². The van der Waals surface area contributed by atoms with Crippen LogP contribution in [-0.4, -0.2) is 14.2 Å². The summed E-state index contributed by atoms with van der Waals surface area (Å²) < 4.78 is 10.7. The number of methoxy groups -OCH3 is 2. The smallest absolute Gasteiger partial charge is 0.127 e. The van der Waals surface area contributed by atoms with Crippen LogP contribution in [-0.2, 0) is 12.0 Å². The van der Waals surface area contributed by atoms with E-state index < -0.39 is 5.54 Å². The fourth-order valence-electron chi connectivity index (χ4n) is 2.47. The maximum absolute atomic E-state index is 6.60. The number of ether oxygens (including phenoxy) is 2. The molecular formula is C18H23NO2. The van der Waals surface area contributed by atoms with Crippen LogP contribution in [0, 0.1) is 0 Å². The molecule has 0 bridgehead atoms. The lowest BCUT2D eigenvalue weighted by atomic mass is 9.84. The summed E-state index contributed by atoms with van der Waals surface area (Å²) in [5.41, 5.74) is 9.28. The van der Waals surface area contributed by atoms with Gasteiger partial charge in [-0.3, -0.25) is 0 Å². The summed E-state index contributed by atoms with van der Waals surface area (Å²) in [5, 5.41) is 0. The van der Waals surface area contributed by atoms with Crippen molar-refractivity contribution >= 4 is 0 Å². The average molecular weight is 285 g/mol. The van der Waals surface area contributed by atoms with E-state index in [0.29, 0.717) is 0 Å². The Hall–Kier alpha value is -2.00. The van der Waals surface area contributed by atoms with Crippen molar-refractivity contribution < 1.29 is 9.47 Å². The van der Waals surface area contributed by atoms with Crippen molar-refractivity contribution in [3.05, 3.63) is 59.2 Å². The molecule has 0 aliphatic carbocycles. The zero-order valence-electron chi connectivity index (χ0n) is 13.1. The highest BCUT2D eigenvalue weighted by molar-refractivity contribution is 5.49. The lowest BCUT2D eigenvalue weighted by Gasteiger charge is -2.28. The Kier molecular flexibility index (Phi) is 4.53. The van der Waals surface area contributed by atoms with E-state index in [1.54, 1.807) is 14.2 Å². The van der Waals surface area contributed by atoms with Crippen LogP contribution in [0.5, 0.6) is 11.5 Å². The summed E-state index contributed by atoms with van der Waals surface area (Å²) >= 11 is 0. The molecule has 0 radical (unpaired) electrons. The Labute approximate surface area is 126 Å². The highest BCUT2D eigenvalue weighted by Gasteiger charge is 2.27. The molecule has 0 aliphatic heterocycles. The first-order valence-corrected chi connectivity index (χ1v) is 7.13. The van der Waals surface area contributed by atoms with Gasteiger partial charge < -0.3 is 15.2 Å². The lowest BCUT2D eigenvalue weighted by Crippen LogP contribution is -2.34. The van der Waals surface area contributed by atoms with Gasteiger partial charge in [-0.2, -0.15) is 0 Å². The molecule has 0 aliphatic rings. The maximum atomic E-state index is 6.60.